The summed E-state index contributed by atoms with van der Waals surface area (Å²) >= 11 is 2.86. The Hall–Kier alpha value is -2.26. The molecule has 1 fully saturated rings. The molecule has 3 amide bonds. The van der Waals surface area contributed by atoms with Crippen molar-refractivity contribution >= 4 is 40.6 Å². The fourth-order valence-electron chi connectivity index (χ4n) is 2.54. The van der Waals surface area contributed by atoms with Gasteiger partial charge < -0.3 is 10.1 Å². The molecule has 7 nitrogen and oxygen atoms in total. The van der Waals surface area contributed by atoms with E-state index in [1.165, 1.54) is 22.7 Å². The Morgan fingerprint density at radius 1 is 1.24 bits per heavy atom. The summed E-state index contributed by atoms with van der Waals surface area (Å²) in [5.41, 5.74) is 0.150. The molecule has 25 heavy (non-hydrogen) atoms. The van der Waals surface area contributed by atoms with Gasteiger partial charge in [-0.15, -0.1) is 22.7 Å². The van der Waals surface area contributed by atoms with Gasteiger partial charge in [0.05, 0.1) is 4.88 Å². The van der Waals surface area contributed by atoms with Crippen molar-refractivity contribution < 1.29 is 19.1 Å². The highest BCUT2D eigenvalue weighted by atomic mass is 32.1. The standard InChI is InChI=1S/C16H17N3O4S2/c20-13(19-16(22)17-10-4-1-2-5-10)8-23-15(21)11-9-25-14(18-11)12-6-3-7-24-12/h3,6-7,9-10H,1-2,4-5,8H2,(H2,17,19,20,22). The van der Waals surface area contributed by atoms with Crippen LogP contribution in [0.2, 0.25) is 0 Å². The summed E-state index contributed by atoms with van der Waals surface area (Å²) in [6, 6.07) is 3.37. The fourth-order valence-corrected chi connectivity index (χ4v) is 4.14. The Morgan fingerprint density at radius 2 is 2.04 bits per heavy atom. The van der Waals surface area contributed by atoms with E-state index in [2.05, 4.69) is 15.6 Å². The van der Waals surface area contributed by atoms with Crippen LogP contribution >= 0.6 is 22.7 Å². The second kappa shape index (κ2) is 8.21. The van der Waals surface area contributed by atoms with Gasteiger partial charge in [0, 0.05) is 11.4 Å². The molecule has 2 N–H and O–H groups in total. The van der Waals surface area contributed by atoms with Gasteiger partial charge in [0.2, 0.25) is 0 Å². The van der Waals surface area contributed by atoms with Crippen molar-refractivity contribution in [2.75, 3.05) is 6.61 Å². The van der Waals surface area contributed by atoms with Crippen LogP contribution in [-0.2, 0) is 9.53 Å². The molecule has 0 aliphatic heterocycles. The normalized spacial score (nSPS) is 14.2. The minimum atomic E-state index is -0.689. The first-order valence-electron chi connectivity index (χ1n) is 7.88. The number of hydrogen-bond donors (Lipinski definition) is 2. The van der Waals surface area contributed by atoms with Crippen molar-refractivity contribution in [3.63, 3.8) is 0 Å². The number of thiazole rings is 1. The highest BCUT2D eigenvalue weighted by molar-refractivity contribution is 7.20. The number of ether oxygens (including phenoxy) is 1. The maximum Gasteiger partial charge on any atom is 0.358 e. The predicted octanol–water partition coefficient (Wildman–Crippen LogP) is 2.80. The molecule has 2 heterocycles. The van der Waals surface area contributed by atoms with E-state index >= 15 is 0 Å². The lowest BCUT2D eigenvalue weighted by molar-refractivity contribution is -0.123. The van der Waals surface area contributed by atoms with Crippen LogP contribution in [0.15, 0.2) is 22.9 Å². The summed E-state index contributed by atoms with van der Waals surface area (Å²) in [6.07, 6.45) is 4.01. The molecule has 0 unspecified atom stereocenters. The van der Waals surface area contributed by atoms with E-state index in [1.807, 2.05) is 17.5 Å². The first kappa shape index (κ1) is 17.6. The van der Waals surface area contributed by atoms with Crippen LogP contribution in [0.25, 0.3) is 9.88 Å². The first-order valence-corrected chi connectivity index (χ1v) is 9.64. The average Bonchev–Trinajstić information content (AvgIpc) is 3.32. The zero-order chi connectivity index (χ0) is 17.6. The molecule has 2 aromatic rings. The minimum absolute atomic E-state index is 0.112. The van der Waals surface area contributed by atoms with Crippen LogP contribution in [0.3, 0.4) is 0 Å². The largest absolute Gasteiger partial charge is 0.451 e. The number of urea groups is 1. The van der Waals surface area contributed by atoms with E-state index in [-0.39, 0.29) is 11.7 Å². The van der Waals surface area contributed by atoms with Gasteiger partial charge in [0.25, 0.3) is 5.91 Å². The predicted molar refractivity (Wildman–Crippen MR) is 94.6 cm³/mol. The molecular formula is C16H17N3O4S2. The van der Waals surface area contributed by atoms with Gasteiger partial charge in [0.1, 0.15) is 5.01 Å². The summed E-state index contributed by atoms with van der Waals surface area (Å²) in [5, 5.41) is 9.12. The third-order valence-corrected chi connectivity index (χ3v) is 5.60. The number of aromatic nitrogens is 1. The molecule has 0 bridgehead atoms. The summed E-state index contributed by atoms with van der Waals surface area (Å²) in [6.45, 7) is -0.525. The number of imide groups is 1. The minimum Gasteiger partial charge on any atom is -0.451 e. The molecule has 132 valence electrons. The third kappa shape index (κ3) is 4.86. The molecule has 2 aromatic heterocycles. The van der Waals surface area contributed by atoms with Crippen molar-refractivity contribution in [3.05, 3.63) is 28.6 Å². The number of thiophene rings is 1. The zero-order valence-corrected chi connectivity index (χ0v) is 15.0. The lowest BCUT2D eigenvalue weighted by Gasteiger charge is -2.12. The van der Waals surface area contributed by atoms with Crippen molar-refractivity contribution in [1.82, 2.24) is 15.6 Å². The third-order valence-electron chi connectivity index (χ3n) is 3.72. The van der Waals surface area contributed by atoms with Crippen LogP contribution in [-0.4, -0.2) is 35.5 Å². The van der Waals surface area contributed by atoms with Crippen LogP contribution in [0.5, 0.6) is 0 Å². The Labute approximate surface area is 152 Å². The average molecular weight is 379 g/mol. The van der Waals surface area contributed by atoms with E-state index in [9.17, 15) is 14.4 Å². The molecule has 1 aliphatic carbocycles. The molecule has 0 spiro atoms. The van der Waals surface area contributed by atoms with Gasteiger partial charge in [-0.25, -0.2) is 14.6 Å². The molecule has 0 atom stereocenters. The molecule has 0 aromatic carbocycles. The van der Waals surface area contributed by atoms with Crippen LogP contribution in [0, 0.1) is 0 Å². The number of esters is 1. The van der Waals surface area contributed by atoms with Crippen molar-refractivity contribution in [3.8, 4) is 9.88 Å². The Balaban J connectivity index is 1.43. The molecule has 0 saturated heterocycles. The summed E-state index contributed by atoms with van der Waals surface area (Å²) in [4.78, 5) is 40.5. The summed E-state index contributed by atoms with van der Waals surface area (Å²) in [5.74, 6) is -1.36. The van der Waals surface area contributed by atoms with E-state index in [4.69, 9.17) is 4.74 Å². The molecular weight excluding hydrogens is 362 g/mol. The molecule has 0 radical (unpaired) electrons. The van der Waals surface area contributed by atoms with Gasteiger partial charge in [-0.2, -0.15) is 0 Å². The highest BCUT2D eigenvalue weighted by Crippen LogP contribution is 2.27. The van der Waals surface area contributed by atoms with E-state index in [0.29, 0.717) is 0 Å². The van der Waals surface area contributed by atoms with Crippen LogP contribution < -0.4 is 10.6 Å². The van der Waals surface area contributed by atoms with Crippen LogP contribution in [0.1, 0.15) is 36.2 Å². The highest BCUT2D eigenvalue weighted by Gasteiger charge is 2.19. The van der Waals surface area contributed by atoms with Gasteiger partial charge in [-0.1, -0.05) is 18.9 Å². The molecule has 1 aliphatic rings. The Bertz CT molecular complexity index is 751. The topological polar surface area (TPSA) is 97.4 Å². The lowest BCUT2D eigenvalue weighted by atomic mass is 10.2. The van der Waals surface area contributed by atoms with Gasteiger partial charge in [-0.05, 0) is 24.3 Å². The monoisotopic (exact) mass is 379 g/mol. The van der Waals surface area contributed by atoms with E-state index in [1.54, 1.807) is 5.38 Å². The van der Waals surface area contributed by atoms with Crippen LogP contribution in [0.4, 0.5) is 4.79 Å². The molecule has 9 heteroatoms. The van der Waals surface area contributed by atoms with E-state index in [0.717, 1.165) is 35.6 Å². The second-order valence-electron chi connectivity index (χ2n) is 5.59. The second-order valence-corrected chi connectivity index (χ2v) is 7.40. The van der Waals surface area contributed by atoms with Crippen molar-refractivity contribution in [2.24, 2.45) is 0 Å². The smallest absolute Gasteiger partial charge is 0.358 e. The Morgan fingerprint density at radius 3 is 2.76 bits per heavy atom. The van der Waals surface area contributed by atoms with Crippen molar-refractivity contribution in [1.29, 1.82) is 0 Å². The maximum absolute atomic E-state index is 11.9. The van der Waals surface area contributed by atoms with E-state index < -0.39 is 24.5 Å². The van der Waals surface area contributed by atoms with Crippen molar-refractivity contribution in [2.45, 2.75) is 31.7 Å². The first-order chi connectivity index (χ1) is 12.1. The molecule has 1 saturated carbocycles. The lowest BCUT2D eigenvalue weighted by Crippen LogP contribution is -2.45. The maximum atomic E-state index is 11.9. The number of carbonyl (C=O) groups excluding carboxylic acids is 3. The molecule has 3 rings (SSSR count). The summed E-state index contributed by atoms with van der Waals surface area (Å²) < 4.78 is 4.91. The fraction of sp³-hybridized carbons (Fsp3) is 0.375. The SMILES string of the molecule is O=C(COC(=O)c1csc(-c2cccs2)n1)NC(=O)NC1CCCC1. The quantitative estimate of drug-likeness (QED) is 0.779. The number of rotatable bonds is 5. The number of nitrogens with one attached hydrogen (secondary N) is 2. The summed E-state index contributed by atoms with van der Waals surface area (Å²) in [7, 11) is 0. The van der Waals surface area contributed by atoms with Gasteiger partial charge >= 0.3 is 12.0 Å². The Kier molecular flexibility index (Phi) is 5.77. The number of hydrogen-bond acceptors (Lipinski definition) is 7. The zero-order valence-electron chi connectivity index (χ0n) is 13.3. The number of carbonyl (C=O) groups is 3. The number of nitrogens with zero attached hydrogens (tertiary/aromatic N) is 1. The van der Waals surface area contributed by atoms with Gasteiger partial charge in [0.15, 0.2) is 12.3 Å². The van der Waals surface area contributed by atoms with Gasteiger partial charge in [-0.3, -0.25) is 10.1 Å². The number of amides is 3.